The van der Waals surface area contributed by atoms with Crippen molar-refractivity contribution in [2.24, 2.45) is 0 Å². The Balaban J connectivity index is 1.38. The molecule has 0 aliphatic carbocycles. The van der Waals surface area contributed by atoms with Crippen LogP contribution in [0.3, 0.4) is 0 Å². The molecule has 1 saturated heterocycles. The third-order valence-corrected chi connectivity index (χ3v) is 6.51. The van der Waals surface area contributed by atoms with Gasteiger partial charge in [-0.15, -0.1) is 0 Å². The first kappa shape index (κ1) is 22.8. The minimum absolute atomic E-state index is 0.161. The van der Waals surface area contributed by atoms with Crippen LogP contribution in [-0.2, 0) is 6.54 Å². The second kappa shape index (κ2) is 10.1. The molecule has 0 bridgehead atoms. The van der Waals surface area contributed by atoms with E-state index in [-0.39, 0.29) is 11.7 Å². The smallest absolute Gasteiger partial charge is 0.255 e. The van der Waals surface area contributed by atoms with Crippen LogP contribution in [0.5, 0.6) is 0 Å². The van der Waals surface area contributed by atoms with Crippen LogP contribution in [0.4, 0.5) is 15.8 Å². The summed E-state index contributed by atoms with van der Waals surface area (Å²) >= 11 is 0. The van der Waals surface area contributed by atoms with E-state index in [1.807, 2.05) is 42.5 Å². The van der Waals surface area contributed by atoms with Crippen molar-refractivity contribution in [2.45, 2.75) is 13.5 Å². The van der Waals surface area contributed by atoms with Gasteiger partial charge in [-0.3, -0.25) is 14.7 Å². The fourth-order valence-corrected chi connectivity index (χ4v) is 4.55. The molecule has 1 aliphatic heterocycles. The Kier molecular flexibility index (Phi) is 6.59. The van der Waals surface area contributed by atoms with Gasteiger partial charge in [0.05, 0.1) is 11.4 Å². The fourth-order valence-electron chi connectivity index (χ4n) is 4.55. The highest BCUT2D eigenvalue weighted by Crippen LogP contribution is 2.34. The van der Waals surface area contributed by atoms with E-state index >= 15 is 0 Å². The van der Waals surface area contributed by atoms with Crippen LogP contribution in [0, 0.1) is 12.7 Å². The molecule has 4 aromatic rings. The maximum absolute atomic E-state index is 13.3. The molecule has 0 spiro atoms. The average molecular weight is 470 g/mol. The second-order valence-corrected chi connectivity index (χ2v) is 8.77. The van der Waals surface area contributed by atoms with Crippen molar-refractivity contribution < 1.29 is 9.18 Å². The van der Waals surface area contributed by atoms with E-state index in [0.717, 1.165) is 66.6 Å². The van der Waals surface area contributed by atoms with Crippen LogP contribution in [0.15, 0.2) is 79.1 Å². The number of rotatable bonds is 6. The molecule has 35 heavy (non-hydrogen) atoms. The summed E-state index contributed by atoms with van der Waals surface area (Å²) in [5.41, 5.74) is 6.48. The lowest BCUT2D eigenvalue weighted by Crippen LogP contribution is -2.46. The zero-order chi connectivity index (χ0) is 24.2. The molecule has 178 valence electrons. The predicted molar refractivity (Wildman–Crippen MR) is 137 cm³/mol. The zero-order valence-corrected chi connectivity index (χ0v) is 19.7. The average Bonchev–Trinajstić information content (AvgIpc) is 3.20. The number of anilines is 2. The monoisotopic (exact) mass is 469 g/mol. The van der Waals surface area contributed by atoms with E-state index in [4.69, 9.17) is 0 Å². The molecule has 2 aromatic heterocycles. The number of H-pyrrole nitrogens is 1. The lowest BCUT2D eigenvalue weighted by atomic mass is 10.1. The number of carbonyl (C=O) groups excluding carboxylic acids is 1. The first-order chi connectivity index (χ1) is 17.1. The van der Waals surface area contributed by atoms with Crippen LogP contribution >= 0.6 is 0 Å². The van der Waals surface area contributed by atoms with Crippen LogP contribution in [0.1, 0.15) is 21.6 Å². The predicted octanol–water partition coefficient (Wildman–Crippen LogP) is 5.10. The normalized spacial score (nSPS) is 14.2. The van der Waals surface area contributed by atoms with Crippen LogP contribution < -0.4 is 10.2 Å². The largest absolute Gasteiger partial charge is 0.369 e. The summed E-state index contributed by atoms with van der Waals surface area (Å²) in [4.78, 5) is 25.3. The van der Waals surface area contributed by atoms with Gasteiger partial charge in [0.25, 0.3) is 5.91 Å². The number of nitrogens with one attached hydrogen (secondary N) is 2. The molecule has 7 heteroatoms. The van der Waals surface area contributed by atoms with Gasteiger partial charge in [-0.05, 0) is 43.3 Å². The van der Waals surface area contributed by atoms with E-state index in [9.17, 15) is 9.18 Å². The van der Waals surface area contributed by atoms with Gasteiger partial charge in [0.2, 0.25) is 0 Å². The molecule has 2 N–H and O–H groups in total. The Hall–Kier alpha value is -3.97. The number of pyridine rings is 1. The highest BCUT2D eigenvalue weighted by atomic mass is 19.1. The summed E-state index contributed by atoms with van der Waals surface area (Å²) in [5, 5.41) is 3.17. The fraction of sp³-hybridized carbons (Fsp3) is 0.214. The van der Waals surface area contributed by atoms with E-state index in [1.165, 1.54) is 12.1 Å². The van der Waals surface area contributed by atoms with E-state index < -0.39 is 0 Å². The summed E-state index contributed by atoms with van der Waals surface area (Å²) in [6.07, 6.45) is 3.24. The summed E-state index contributed by atoms with van der Waals surface area (Å²) in [7, 11) is 0. The lowest BCUT2D eigenvalue weighted by molar-refractivity contribution is 0.102. The van der Waals surface area contributed by atoms with Gasteiger partial charge in [-0.2, -0.15) is 0 Å². The molecule has 0 radical (unpaired) electrons. The van der Waals surface area contributed by atoms with Crippen molar-refractivity contribution >= 4 is 17.3 Å². The highest BCUT2D eigenvalue weighted by Gasteiger charge is 2.23. The Bertz CT molecular complexity index is 1280. The van der Waals surface area contributed by atoms with Crippen molar-refractivity contribution in [1.29, 1.82) is 0 Å². The van der Waals surface area contributed by atoms with E-state index in [1.54, 1.807) is 24.5 Å². The maximum Gasteiger partial charge on any atom is 0.255 e. The molecular weight excluding hydrogens is 441 g/mol. The Morgan fingerprint density at radius 1 is 0.971 bits per heavy atom. The molecule has 3 heterocycles. The van der Waals surface area contributed by atoms with Crippen molar-refractivity contribution in [3.63, 3.8) is 0 Å². The number of hydrogen-bond donors (Lipinski definition) is 2. The number of aromatic amines is 1. The van der Waals surface area contributed by atoms with Gasteiger partial charge in [0.1, 0.15) is 5.82 Å². The standard InChI is InChI=1S/C28H28FN5O/c1-20-25(19-33-15-17-34(18-16-33)24-9-7-23(29)8-10-24)27(26(31-20)21-5-3-2-4-6-21)32-28(35)22-11-13-30-14-12-22/h2-14,31H,15-19H2,1H3,(H,32,35). The van der Waals surface area contributed by atoms with Gasteiger partial charge < -0.3 is 15.2 Å². The number of nitrogens with zero attached hydrogens (tertiary/aromatic N) is 3. The maximum atomic E-state index is 13.3. The molecule has 1 amide bonds. The SMILES string of the molecule is Cc1[nH]c(-c2ccccc2)c(NC(=O)c2ccncc2)c1CN1CCN(c2ccc(F)cc2)CC1. The van der Waals surface area contributed by atoms with Crippen molar-refractivity contribution in [2.75, 3.05) is 36.4 Å². The molecule has 0 saturated carbocycles. The third-order valence-electron chi connectivity index (χ3n) is 6.51. The van der Waals surface area contributed by atoms with E-state index in [0.29, 0.717) is 5.56 Å². The Labute approximate surface area is 204 Å². The van der Waals surface area contributed by atoms with Crippen molar-refractivity contribution in [3.8, 4) is 11.3 Å². The lowest BCUT2D eigenvalue weighted by Gasteiger charge is -2.36. The van der Waals surface area contributed by atoms with Crippen LogP contribution in [-0.4, -0.2) is 47.0 Å². The minimum atomic E-state index is -0.217. The molecule has 0 atom stereocenters. The summed E-state index contributed by atoms with van der Waals surface area (Å²) in [6, 6.07) is 20.2. The Morgan fingerprint density at radius 2 is 1.66 bits per heavy atom. The molecule has 1 aliphatic rings. The minimum Gasteiger partial charge on any atom is -0.369 e. The van der Waals surface area contributed by atoms with Gasteiger partial charge in [0, 0.05) is 73.2 Å². The molecule has 1 fully saturated rings. The molecular formula is C28H28FN5O. The van der Waals surface area contributed by atoms with Crippen LogP contribution in [0.2, 0.25) is 0 Å². The quantitative estimate of drug-likeness (QED) is 0.413. The van der Waals surface area contributed by atoms with Gasteiger partial charge >= 0.3 is 0 Å². The van der Waals surface area contributed by atoms with Gasteiger partial charge in [-0.25, -0.2) is 4.39 Å². The number of amides is 1. The molecule has 5 rings (SSSR count). The number of halogens is 1. The number of piperazine rings is 1. The molecule has 0 unspecified atom stereocenters. The summed E-state index contributed by atoms with van der Waals surface area (Å²) < 4.78 is 13.3. The number of hydrogen-bond acceptors (Lipinski definition) is 4. The van der Waals surface area contributed by atoms with Crippen molar-refractivity contribution in [1.82, 2.24) is 14.9 Å². The highest BCUT2D eigenvalue weighted by molar-refractivity contribution is 6.06. The Morgan fingerprint density at radius 3 is 2.34 bits per heavy atom. The summed E-state index contributed by atoms with van der Waals surface area (Å²) in [6.45, 7) is 6.25. The first-order valence-electron chi connectivity index (χ1n) is 11.8. The van der Waals surface area contributed by atoms with E-state index in [2.05, 4.69) is 32.0 Å². The number of carbonyl (C=O) groups is 1. The number of aromatic nitrogens is 2. The number of aryl methyl sites for hydroxylation is 1. The second-order valence-electron chi connectivity index (χ2n) is 8.77. The zero-order valence-electron chi connectivity index (χ0n) is 19.7. The first-order valence-corrected chi connectivity index (χ1v) is 11.8. The van der Waals surface area contributed by atoms with Gasteiger partial charge in [0.15, 0.2) is 0 Å². The summed E-state index contributed by atoms with van der Waals surface area (Å²) in [5.74, 6) is -0.378. The van der Waals surface area contributed by atoms with Gasteiger partial charge in [-0.1, -0.05) is 30.3 Å². The molecule has 6 nitrogen and oxygen atoms in total. The van der Waals surface area contributed by atoms with Crippen LogP contribution in [0.25, 0.3) is 11.3 Å². The molecule has 2 aromatic carbocycles. The van der Waals surface area contributed by atoms with Crippen molar-refractivity contribution in [3.05, 3.63) is 102 Å². The topological polar surface area (TPSA) is 64.3 Å². The third kappa shape index (κ3) is 5.10. The number of benzene rings is 2.